The van der Waals surface area contributed by atoms with Gasteiger partial charge in [-0.25, -0.2) is 9.18 Å². The molecule has 0 atom stereocenters. The first kappa shape index (κ1) is 22.9. The molecule has 0 spiro atoms. The Labute approximate surface area is 204 Å². The van der Waals surface area contributed by atoms with Gasteiger partial charge in [-0.2, -0.15) is 4.98 Å². The zero-order chi connectivity index (χ0) is 24.5. The van der Waals surface area contributed by atoms with Crippen LogP contribution in [0.15, 0.2) is 64.3 Å². The zero-order valence-corrected chi connectivity index (χ0v) is 19.8. The second-order valence-corrected chi connectivity index (χ2v) is 8.78. The van der Waals surface area contributed by atoms with E-state index < -0.39 is 17.9 Å². The number of aromatic amines is 1. The molecule has 0 saturated carbocycles. The number of aryl methyl sites for hydroxylation is 1. The lowest BCUT2D eigenvalue weighted by molar-refractivity contribution is 0.437. The van der Waals surface area contributed by atoms with Crippen LogP contribution in [0.1, 0.15) is 11.1 Å². The third kappa shape index (κ3) is 4.23. The number of fused-ring (bicyclic) bond motifs is 2. The van der Waals surface area contributed by atoms with Crippen molar-refractivity contribution >= 4 is 39.6 Å². The first-order valence-electron chi connectivity index (χ1n) is 11.3. The molecule has 3 aromatic heterocycles. The van der Waals surface area contributed by atoms with E-state index in [9.17, 15) is 14.0 Å². The number of para-hydroxylation sites is 1. The smallest absolute Gasteiger partial charge is 0.332 e. The van der Waals surface area contributed by atoms with Crippen molar-refractivity contribution in [1.29, 1.82) is 0 Å². The molecule has 0 fully saturated rings. The Kier molecular flexibility index (Phi) is 6.17. The Hall–Kier alpha value is -3.85. The van der Waals surface area contributed by atoms with Gasteiger partial charge in [-0.1, -0.05) is 41.9 Å². The summed E-state index contributed by atoms with van der Waals surface area (Å²) in [5.74, 6) is 0.435. The maximum atomic E-state index is 13.3. The van der Waals surface area contributed by atoms with Crippen molar-refractivity contribution in [2.24, 2.45) is 7.05 Å². The van der Waals surface area contributed by atoms with Gasteiger partial charge >= 0.3 is 5.69 Å². The van der Waals surface area contributed by atoms with Crippen molar-refractivity contribution in [3.05, 3.63) is 91.7 Å². The van der Waals surface area contributed by atoms with E-state index in [1.54, 1.807) is 16.7 Å². The fraction of sp³-hybridized carbons (Fsp3) is 0.240. The minimum absolute atomic E-state index is 0.166. The van der Waals surface area contributed by atoms with Gasteiger partial charge in [0.2, 0.25) is 5.95 Å². The average Bonchev–Trinajstić information content (AvgIpc) is 3.44. The number of imidazole rings is 1. The molecule has 3 heterocycles. The summed E-state index contributed by atoms with van der Waals surface area (Å²) in [6.45, 7) is -0.0671. The minimum atomic E-state index is -0.749. The van der Waals surface area contributed by atoms with Crippen LogP contribution in [0.25, 0.3) is 22.1 Å². The monoisotopic (exact) mass is 494 g/mol. The van der Waals surface area contributed by atoms with E-state index in [4.69, 9.17) is 11.6 Å². The summed E-state index contributed by atoms with van der Waals surface area (Å²) in [6.07, 6.45) is 2.70. The average molecular weight is 495 g/mol. The Morgan fingerprint density at radius 3 is 2.63 bits per heavy atom. The molecule has 8 nitrogen and oxygen atoms in total. The highest BCUT2D eigenvalue weighted by atomic mass is 35.5. The van der Waals surface area contributed by atoms with Crippen molar-refractivity contribution in [1.82, 2.24) is 23.7 Å². The van der Waals surface area contributed by atoms with Crippen LogP contribution in [0.3, 0.4) is 0 Å². The molecule has 0 aliphatic rings. The van der Waals surface area contributed by atoms with Crippen LogP contribution in [0.5, 0.6) is 0 Å². The number of benzene rings is 2. The van der Waals surface area contributed by atoms with E-state index in [2.05, 4.69) is 21.4 Å². The summed E-state index contributed by atoms with van der Waals surface area (Å²) in [4.78, 5) is 33.7. The highest BCUT2D eigenvalue weighted by Gasteiger charge is 2.20. The maximum Gasteiger partial charge on any atom is 0.332 e. The number of hydrogen-bond acceptors (Lipinski definition) is 4. The summed E-state index contributed by atoms with van der Waals surface area (Å²) in [5.41, 5.74) is 2.45. The number of nitrogens with one attached hydrogen (secondary N) is 2. The largest absolute Gasteiger partial charge is 0.361 e. The van der Waals surface area contributed by atoms with Crippen LogP contribution >= 0.6 is 11.6 Å². The highest BCUT2D eigenvalue weighted by molar-refractivity contribution is 6.30. The zero-order valence-electron chi connectivity index (χ0n) is 19.1. The molecular formula is C25H24ClFN6O2. The number of rotatable bonds is 8. The second kappa shape index (κ2) is 9.42. The van der Waals surface area contributed by atoms with Crippen LogP contribution < -0.4 is 16.6 Å². The molecule has 35 heavy (non-hydrogen) atoms. The molecule has 5 aromatic rings. The van der Waals surface area contributed by atoms with Gasteiger partial charge < -0.3 is 10.3 Å². The van der Waals surface area contributed by atoms with Gasteiger partial charge in [0.1, 0.15) is 6.67 Å². The maximum absolute atomic E-state index is 13.3. The van der Waals surface area contributed by atoms with Gasteiger partial charge in [-0.05, 0) is 35.7 Å². The van der Waals surface area contributed by atoms with E-state index in [1.165, 1.54) is 11.6 Å². The van der Waals surface area contributed by atoms with Gasteiger partial charge in [-0.15, -0.1) is 0 Å². The lowest BCUT2D eigenvalue weighted by Gasteiger charge is -2.11. The topological polar surface area (TPSA) is 89.6 Å². The molecule has 0 aliphatic carbocycles. The number of anilines is 1. The molecule has 0 saturated heterocycles. The summed E-state index contributed by atoms with van der Waals surface area (Å²) in [5, 5.41) is 5.08. The molecule has 0 unspecified atom stereocenters. The van der Waals surface area contributed by atoms with Crippen molar-refractivity contribution in [2.45, 2.75) is 19.5 Å². The van der Waals surface area contributed by atoms with Crippen LogP contribution in [0.2, 0.25) is 5.02 Å². The molecular weight excluding hydrogens is 471 g/mol. The minimum Gasteiger partial charge on any atom is -0.361 e. The summed E-state index contributed by atoms with van der Waals surface area (Å²) >= 11 is 6.04. The van der Waals surface area contributed by atoms with Crippen molar-refractivity contribution < 1.29 is 4.39 Å². The number of H-pyrrole nitrogens is 1. The standard InChI is InChI=1S/C25H24ClFN6O2/c1-31-23(34)21-22(32(13-11-27)25(31)35)30-24(33(21)15-16-6-8-18(26)9-7-16)28-12-10-17-14-29-20-5-3-2-4-19(17)20/h2-9,14,29H,10-13,15H2,1H3,(H,28,30). The van der Waals surface area contributed by atoms with Gasteiger partial charge in [0, 0.05) is 35.7 Å². The summed E-state index contributed by atoms with van der Waals surface area (Å²) in [6, 6.07) is 15.4. The third-order valence-electron chi connectivity index (χ3n) is 6.14. The third-order valence-corrected chi connectivity index (χ3v) is 6.40. The van der Waals surface area contributed by atoms with E-state index in [0.717, 1.165) is 26.6 Å². The summed E-state index contributed by atoms with van der Waals surface area (Å²) < 4.78 is 17.2. The molecule has 0 amide bonds. The SMILES string of the molecule is Cn1c(=O)c2c(nc(NCCc3c[nH]c4ccccc34)n2Cc2ccc(Cl)cc2)n(CCF)c1=O. The summed E-state index contributed by atoms with van der Waals surface area (Å²) in [7, 11) is 1.39. The van der Waals surface area contributed by atoms with Crippen molar-refractivity contribution in [3.63, 3.8) is 0 Å². The van der Waals surface area contributed by atoms with Crippen LogP contribution in [0.4, 0.5) is 10.3 Å². The molecule has 0 radical (unpaired) electrons. The van der Waals surface area contributed by atoms with E-state index in [0.29, 0.717) is 30.5 Å². The molecule has 2 aromatic carbocycles. The number of alkyl halides is 1. The lowest BCUT2D eigenvalue weighted by Crippen LogP contribution is -2.39. The lowest BCUT2D eigenvalue weighted by atomic mass is 10.1. The van der Waals surface area contributed by atoms with Gasteiger partial charge in [0.25, 0.3) is 5.56 Å². The predicted molar refractivity (Wildman–Crippen MR) is 136 cm³/mol. The van der Waals surface area contributed by atoms with Gasteiger partial charge in [0.15, 0.2) is 11.2 Å². The molecule has 2 N–H and O–H groups in total. The Bertz CT molecular complexity index is 1630. The first-order valence-corrected chi connectivity index (χ1v) is 11.6. The normalized spacial score (nSPS) is 11.5. The van der Waals surface area contributed by atoms with E-state index in [-0.39, 0.29) is 17.7 Å². The number of nitrogens with zero attached hydrogens (tertiary/aromatic N) is 4. The number of aromatic nitrogens is 5. The van der Waals surface area contributed by atoms with Crippen LogP contribution in [-0.2, 0) is 26.6 Å². The molecule has 0 bridgehead atoms. The van der Waals surface area contributed by atoms with Crippen molar-refractivity contribution in [3.8, 4) is 0 Å². The van der Waals surface area contributed by atoms with E-state index >= 15 is 0 Å². The quantitative estimate of drug-likeness (QED) is 0.344. The van der Waals surface area contributed by atoms with Gasteiger partial charge in [-0.3, -0.25) is 18.5 Å². The highest BCUT2D eigenvalue weighted by Crippen LogP contribution is 2.21. The predicted octanol–water partition coefficient (Wildman–Crippen LogP) is 3.70. The molecule has 0 aliphatic heterocycles. The Balaban J connectivity index is 1.56. The molecule has 5 rings (SSSR count). The fourth-order valence-electron chi connectivity index (χ4n) is 4.35. The number of halogens is 2. The van der Waals surface area contributed by atoms with Crippen LogP contribution in [0, 0.1) is 0 Å². The fourth-order valence-corrected chi connectivity index (χ4v) is 4.48. The Morgan fingerprint density at radius 1 is 1.09 bits per heavy atom. The van der Waals surface area contributed by atoms with E-state index in [1.807, 2.05) is 36.5 Å². The Morgan fingerprint density at radius 2 is 1.86 bits per heavy atom. The van der Waals surface area contributed by atoms with Crippen LogP contribution in [-0.4, -0.2) is 36.9 Å². The number of hydrogen-bond donors (Lipinski definition) is 2. The van der Waals surface area contributed by atoms with Gasteiger partial charge in [0.05, 0.1) is 13.1 Å². The second-order valence-electron chi connectivity index (χ2n) is 8.34. The molecule has 10 heteroatoms. The van der Waals surface area contributed by atoms with Crippen molar-refractivity contribution in [2.75, 3.05) is 18.5 Å². The molecule has 180 valence electrons. The first-order chi connectivity index (χ1) is 17.0.